The minimum atomic E-state index is 0.929. The van der Waals surface area contributed by atoms with Crippen LogP contribution in [0.25, 0.3) is 10.9 Å². The molecule has 0 aliphatic heterocycles. The van der Waals surface area contributed by atoms with Gasteiger partial charge in [0.2, 0.25) is 0 Å². The molecule has 2 aromatic rings. The highest BCUT2D eigenvalue weighted by Crippen LogP contribution is 2.25. The Morgan fingerprint density at radius 1 is 1.42 bits per heavy atom. The number of fused-ring (bicyclic) bond motifs is 1. The number of aryl methyl sites for hydroxylation is 2. The second-order valence-corrected chi connectivity index (χ2v) is 3.63. The molecule has 0 radical (unpaired) electrons. The van der Waals surface area contributed by atoms with E-state index in [0.717, 1.165) is 4.60 Å². The second kappa shape index (κ2) is 2.59. The summed E-state index contributed by atoms with van der Waals surface area (Å²) >= 11 is 3.44. The van der Waals surface area contributed by atoms with E-state index in [1.54, 1.807) is 0 Å². The van der Waals surface area contributed by atoms with Crippen LogP contribution in [0.3, 0.4) is 0 Å². The molecule has 62 valence electrons. The van der Waals surface area contributed by atoms with Crippen molar-refractivity contribution in [3.8, 4) is 0 Å². The molecule has 1 aromatic carbocycles. The first kappa shape index (κ1) is 7.80. The van der Waals surface area contributed by atoms with Crippen LogP contribution in [0.5, 0.6) is 0 Å². The van der Waals surface area contributed by atoms with Crippen LogP contribution in [0.15, 0.2) is 22.8 Å². The van der Waals surface area contributed by atoms with Crippen LogP contribution in [0, 0.1) is 6.92 Å². The summed E-state index contributed by atoms with van der Waals surface area (Å²) in [5, 5.41) is 5.49. The van der Waals surface area contributed by atoms with E-state index in [2.05, 4.69) is 40.1 Å². The molecule has 0 saturated heterocycles. The minimum Gasteiger partial charge on any atom is -0.267 e. The fourth-order valence-electron chi connectivity index (χ4n) is 1.43. The molecule has 1 heterocycles. The van der Waals surface area contributed by atoms with Crippen LogP contribution >= 0.6 is 15.9 Å². The quantitative estimate of drug-likeness (QED) is 0.673. The van der Waals surface area contributed by atoms with Crippen molar-refractivity contribution >= 4 is 26.8 Å². The predicted molar refractivity (Wildman–Crippen MR) is 53.2 cm³/mol. The number of hydrogen-bond donors (Lipinski definition) is 0. The maximum Gasteiger partial charge on any atom is 0.136 e. The van der Waals surface area contributed by atoms with Gasteiger partial charge >= 0.3 is 0 Å². The molecule has 2 rings (SSSR count). The van der Waals surface area contributed by atoms with Crippen LogP contribution in [0.1, 0.15) is 5.56 Å². The molecule has 0 saturated carbocycles. The van der Waals surface area contributed by atoms with Gasteiger partial charge in [-0.05, 0) is 34.5 Å². The highest BCUT2D eigenvalue weighted by Gasteiger charge is 2.06. The van der Waals surface area contributed by atoms with Gasteiger partial charge in [0.15, 0.2) is 0 Å². The fourth-order valence-corrected chi connectivity index (χ4v) is 2.18. The van der Waals surface area contributed by atoms with Gasteiger partial charge in [0.05, 0.1) is 5.52 Å². The van der Waals surface area contributed by atoms with Gasteiger partial charge < -0.3 is 0 Å². The summed E-state index contributed by atoms with van der Waals surface area (Å²) in [6.45, 7) is 2.09. The Labute approximate surface area is 79.3 Å². The zero-order chi connectivity index (χ0) is 8.72. The molecule has 0 atom stereocenters. The van der Waals surface area contributed by atoms with Gasteiger partial charge in [0, 0.05) is 12.4 Å². The topological polar surface area (TPSA) is 17.8 Å². The molecular weight excluding hydrogens is 216 g/mol. The Morgan fingerprint density at radius 2 is 2.17 bits per heavy atom. The van der Waals surface area contributed by atoms with Crippen molar-refractivity contribution in [3.63, 3.8) is 0 Å². The summed E-state index contributed by atoms with van der Waals surface area (Å²) in [6.07, 6.45) is 0. The zero-order valence-corrected chi connectivity index (χ0v) is 8.59. The van der Waals surface area contributed by atoms with E-state index in [-0.39, 0.29) is 0 Å². The summed E-state index contributed by atoms with van der Waals surface area (Å²) in [5.74, 6) is 0. The monoisotopic (exact) mass is 224 g/mol. The minimum absolute atomic E-state index is 0.929. The summed E-state index contributed by atoms with van der Waals surface area (Å²) in [5.41, 5.74) is 2.43. The van der Waals surface area contributed by atoms with Crippen molar-refractivity contribution in [2.45, 2.75) is 6.92 Å². The summed E-state index contributed by atoms with van der Waals surface area (Å²) in [7, 11) is 1.95. The Morgan fingerprint density at radius 3 is 2.83 bits per heavy atom. The van der Waals surface area contributed by atoms with Crippen molar-refractivity contribution in [1.82, 2.24) is 9.78 Å². The Balaban J connectivity index is 2.99. The zero-order valence-electron chi connectivity index (χ0n) is 7.00. The van der Waals surface area contributed by atoms with E-state index < -0.39 is 0 Å². The number of nitrogens with zero attached hydrogens (tertiary/aromatic N) is 2. The van der Waals surface area contributed by atoms with E-state index in [1.165, 1.54) is 16.5 Å². The van der Waals surface area contributed by atoms with Crippen molar-refractivity contribution in [1.29, 1.82) is 0 Å². The molecule has 0 bridgehead atoms. The third-order valence-corrected chi connectivity index (χ3v) is 2.60. The lowest BCUT2D eigenvalue weighted by atomic mass is 10.1. The third-order valence-electron chi connectivity index (χ3n) is 2.04. The van der Waals surface area contributed by atoms with Crippen LogP contribution < -0.4 is 0 Å². The van der Waals surface area contributed by atoms with Gasteiger partial charge in [0.25, 0.3) is 0 Å². The Hall–Kier alpha value is -0.830. The molecule has 3 heteroatoms. The molecule has 0 aliphatic rings. The van der Waals surface area contributed by atoms with Gasteiger partial charge in [0.1, 0.15) is 4.60 Å². The molecular formula is C9H9BrN2. The van der Waals surface area contributed by atoms with Crippen molar-refractivity contribution in [2.24, 2.45) is 7.05 Å². The predicted octanol–water partition coefficient (Wildman–Crippen LogP) is 2.64. The number of hydrogen-bond acceptors (Lipinski definition) is 1. The maximum absolute atomic E-state index is 4.28. The summed E-state index contributed by atoms with van der Waals surface area (Å²) in [6, 6.07) is 6.21. The van der Waals surface area contributed by atoms with Gasteiger partial charge in [-0.1, -0.05) is 12.1 Å². The number of halogens is 1. The van der Waals surface area contributed by atoms with Gasteiger partial charge in [-0.25, -0.2) is 0 Å². The van der Waals surface area contributed by atoms with Crippen LogP contribution in [-0.2, 0) is 7.05 Å². The normalized spacial score (nSPS) is 10.9. The smallest absolute Gasteiger partial charge is 0.136 e. The highest BCUT2D eigenvalue weighted by molar-refractivity contribution is 9.10. The molecule has 1 aromatic heterocycles. The van der Waals surface area contributed by atoms with E-state index >= 15 is 0 Å². The van der Waals surface area contributed by atoms with E-state index in [0.29, 0.717) is 0 Å². The average Bonchev–Trinajstić information content (AvgIpc) is 2.29. The number of rotatable bonds is 0. The first-order valence-corrected chi connectivity index (χ1v) is 4.57. The average molecular weight is 225 g/mol. The standard InChI is InChI=1S/C9H9BrN2/c1-6-4-3-5-7-8(6)9(10)11-12(7)2/h3-5H,1-2H3. The lowest BCUT2D eigenvalue weighted by Gasteiger charge is -1.95. The Kier molecular flexibility index (Phi) is 1.68. The molecule has 0 aliphatic carbocycles. The van der Waals surface area contributed by atoms with Crippen LogP contribution in [-0.4, -0.2) is 9.78 Å². The van der Waals surface area contributed by atoms with Crippen molar-refractivity contribution < 1.29 is 0 Å². The van der Waals surface area contributed by atoms with Crippen LogP contribution in [0.4, 0.5) is 0 Å². The SMILES string of the molecule is Cc1cccc2c1c(Br)nn2C. The van der Waals surface area contributed by atoms with Gasteiger partial charge in [-0.2, -0.15) is 5.10 Å². The van der Waals surface area contributed by atoms with Crippen molar-refractivity contribution in [3.05, 3.63) is 28.4 Å². The molecule has 0 spiro atoms. The van der Waals surface area contributed by atoms with Crippen LogP contribution in [0.2, 0.25) is 0 Å². The summed E-state index contributed by atoms with van der Waals surface area (Å²) < 4.78 is 2.81. The number of benzene rings is 1. The van der Waals surface area contributed by atoms with E-state index in [1.807, 2.05) is 17.8 Å². The second-order valence-electron chi connectivity index (χ2n) is 2.88. The third kappa shape index (κ3) is 0.966. The molecule has 2 nitrogen and oxygen atoms in total. The molecule has 0 unspecified atom stereocenters. The van der Waals surface area contributed by atoms with Gasteiger partial charge in [-0.15, -0.1) is 0 Å². The Bertz CT molecular complexity index is 431. The van der Waals surface area contributed by atoms with E-state index in [4.69, 9.17) is 0 Å². The molecule has 0 fully saturated rings. The van der Waals surface area contributed by atoms with E-state index in [9.17, 15) is 0 Å². The lowest BCUT2D eigenvalue weighted by molar-refractivity contribution is 0.788. The van der Waals surface area contributed by atoms with Gasteiger partial charge in [-0.3, -0.25) is 4.68 Å². The summed E-state index contributed by atoms with van der Waals surface area (Å²) in [4.78, 5) is 0. The van der Waals surface area contributed by atoms with Crippen molar-refractivity contribution in [2.75, 3.05) is 0 Å². The molecule has 12 heavy (non-hydrogen) atoms. The number of aromatic nitrogens is 2. The first-order valence-electron chi connectivity index (χ1n) is 3.78. The molecule has 0 amide bonds. The highest BCUT2D eigenvalue weighted by atomic mass is 79.9. The fraction of sp³-hybridized carbons (Fsp3) is 0.222. The first-order chi connectivity index (χ1) is 5.70. The lowest BCUT2D eigenvalue weighted by Crippen LogP contribution is -1.88. The largest absolute Gasteiger partial charge is 0.267 e. The maximum atomic E-state index is 4.28. The molecule has 0 N–H and O–H groups in total.